The summed E-state index contributed by atoms with van der Waals surface area (Å²) in [5.41, 5.74) is 12.4. The summed E-state index contributed by atoms with van der Waals surface area (Å²) in [6, 6.07) is 17.0. The van der Waals surface area contributed by atoms with Crippen molar-refractivity contribution in [1.82, 2.24) is 10.6 Å². The SMILES string of the molecule is C[C@H](c1ccc(O)cc1)[C@H](N)C(=O)NCCCCOc1cc2ccccc2cc1C(=O)NCC(N)=O. The van der Waals surface area contributed by atoms with E-state index >= 15 is 0 Å². The van der Waals surface area contributed by atoms with Crippen LogP contribution in [0.15, 0.2) is 60.7 Å². The van der Waals surface area contributed by atoms with Gasteiger partial charge in [-0.3, -0.25) is 14.4 Å². The van der Waals surface area contributed by atoms with Crippen molar-refractivity contribution in [1.29, 1.82) is 0 Å². The molecule has 0 aromatic heterocycles. The molecule has 9 nitrogen and oxygen atoms in total. The molecule has 0 radical (unpaired) electrons. The summed E-state index contributed by atoms with van der Waals surface area (Å²) in [5, 5.41) is 16.6. The molecule has 0 spiro atoms. The van der Waals surface area contributed by atoms with Gasteiger partial charge in [0.25, 0.3) is 5.91 Å². The van der Waals surface area contributed by atoms with E-state index in [0.717, 1.165) is 16.3 Å². The van der Waals surface area contributed by atoms with Crippen LogP contribution in [-0.2, 0) is 9.59 Å². The maximum absolute atomic E-state index is 12.6. The second-order valence-corrected chi connectivity index (χ2v) is 8.60. The van der Waals surface area contributed by atoms with Gasteiger partial charge in [-0.15, -0.1) is 0 Å². The van der Waals surface area contributed by atoms with Crippen molar-refractivity contribution >= 4 is 28.5 Å². The number of amides is 3. The minimum atomic E-state index is -0.718. The second-order valence-electron chi connectivity index (χ2n) is 8.60. The zero-order valence-electron chi connectivity index (χ0n) is 20.2. The lowest BCUT2D eigenvalue weighted by molar-refractivity contribution is -0.122. The number of primary amides is 1. The first-order valence-electron chi connectivity index (χ1n) is 11.8. The van der Waals surface area contributed by atoms with Crippen LogP contribution >= 0.6 is 0 Å². The van der Waals surface area contributed by atoms with Gasteiger partial charge in [-0.25, -0.2) is 0 Å². The average molecular weight is 493 g/mol. The van der Waals surface area contributed by atoms with E-state index in [4.69, 9.17) is 16.2 Å². The summed E-state index contributed by atoms with van der Waals surface area (Å²) >= 11 is 0. The van der Waals surface area contributed by atoms with E-state index in [-0.39, 0.29) is 24.1 Å². The molecular formula is C27H32N4O5. The Labute approximate surface area is 209 Å². The number of hydrogen-bond acceptors (Lipinski definition) is 6. The van der Waals surface area contributed by atoms with Gasteiger partial charge in [0.2, 0.25) is 11.8 Å². The Morgan fingerprint density at radius 1 is 0.972 bits per heavy atom. The van der Waals surface area contributed by atoms with Crippen molar-refractivity contribution in [2.45, 2.75) is 31.7 Å². The van der Waals surface area contributed by atoms with Crippen LogP contribution in [0.5, 0.6) is 11.5 Å². The molecule has 0 unspecified atom stereocenters. The van der Waals surface area contributed by atoms with E-state index in [1.807, 2.05) is 31.2 Å². The normalized spacial score (nSPS) is 12.5. The number of carbonyl (C=O) groups excluding carboxylic acids is 3. The molecule has 3 amide bonds. The van der Waals surface area contributed by atoms with Crippen LogP contribution in [-0.4, -0.2) is 48.6 Å². The molecule has 190 valence electrons. The summed E-state index contributed by atoms with van der Waals surface area (Å²) in [5.74, 6) is -0.970. The molecule has 0 saturated heterocycles. The van der Waals surface area contributed by atoms with Gasteiger partial charge in [0.1, 0.15) is 11.5 Å². The number of fused-ring (bicyclic) bond motifs is 1. The first-order chi connectivity index (χ1) is 17.3. The van der Waals surface area contributed by atoms with Crippen LogP contribution < -0.4 is 26.8 Å². The first kappa shape index (κ1) is 26.5. The Bertz CT molecular complexity index is 1210. The number of hydrogen-bond donors (Lipinski definition) is 5. The van der Waals surface area contributed by atoms with E-state index in [9.17, 15) is 19.5 Å². The highest BCUT2D eigenvalue weighted by Gasteiger charge is 2.22. The molecule has 3 aromatic rings. The summed E-state index contributed by atoms with van der Waals surface area (Å²) in [6.45, 7) is 2.37. The number of aromatic hydroxyl groups is 1. The van der Waals surface area contributed by atoms with Gasteiger partial charge in [0, 0.05) is 12.5 Å². The van der Waals surface area contributed by atoms with Crippen molar-refractivity contribution < 1.29 is 24.2 Å². The highest BCUT2D eigenvalue weighted by Crippen LogP contribution is 2.26. The van der Waals surface area contributed by atoms with Crippen LogP contribution in [0.2, 0.25) is 0 Å². The van der Waals surface area contributed by atoms with Crippen LogP contribution in [0.25, 0.3) is 10.8 Å². The third-order valence-electron chi connectivity index (χ3n) is 5.90. The molecule has 0 saturated carbocycles. The fourth-order valence-electron chi connectivity index (χ4n) is 3.73. The summed E-state index contributed by atoms with van der Waals surface area (Å²) < 4.78 is 5.90. The van der Waals surface area contributed by atoms with E-state index in [2.05, 4.69) is 10.6 Å². The van der Waals surface area contributed by atoms with Gasteiger partial charge >= 0.3 is 0 Å². The molecule has 0 bridgehead atoms. The smallest absolute Gasteiger partial charge is 0.255 e. The topological polar surface area (TPSA) is 157 Å². The summed E-state index contributed by atoms with van der Waals surface area (Å²) in [7, 11) is 0. The predicted octanol–water partition coefficient (Wildman–Crippen LogP) is 2.17. The number of phenolic OH excluding ortho intramolecular Hbond substituents is 1. The Hall–Kier alpha value is -4.11. The quantitative estimate of drug-likeness (QED) is 0.244. The van der Waals surface area contributed by atoms with Gasteiger partial charge in [-0.05, 0) is 53.4 Å². The fraction of sp³-hybridized carbons (Fsp3) is 0.296. The second kappa shape index (κ2) is 12.6. The van der Waals surface area contributed by atoms with Gasteiger partial charge in [0.15, 0.2) is 0 Å². The predicted molar refractivity (Wildman–Crippen MR) is 138 cm³/mol. The van der Waals surface area contributed by atoms with Crippen LogP contribution in [0.3, 0.4) is 0 Å². The Balaban J connectivity index is 1.50. The average Bonchev–Trinajstić information content (AvgIpc) is 2.88. The van der Waals surface area contributed by atoms with Crippen molar-refractivity contribution in [2.24, 2.45) is 11.5 Å². The van der Waals surface area contributed by atoms with E-state index in [1.165, 1.54) is 0 Å². The number of unbranched alkanes of at least 4 members (excludes halogenated alkanes) is 1. The zero-order chi connectivity index (χ0) is 26.1. The Morgan fingerprint density at radius 2 is 1.64 bits per heavy atom. The number of carbonyl (C=O) groups is 3. The van der Waals surface area contributed by atoms with Crippen molar-refractivity contribution in [3.05, 3.63) is 71.8 Å². The molecule has 9 heteroatoms. The maximum Gasteiger partial charge on any atom is 0.255 e. The van der Waals surface area contributed by atoms with E-state index in [0.29, 0.717) is 37.3 Å². The van der Waals surface area contributed by atoms with Crippen LogP contribution in [0.4, 0.5) is 0 Å². The molecule has 0 aliphatic rings. The molecule has 0 aliphatic carbocycles. The monoisotopic (exact) mass is 492 g/mol. The largest absolute Gasteiger partial charge is 0.508 e. The number of benzene rings is 3. The Morgan fingerprint density at radius 3 is 2.31 bits per heavy atom. The minimum absolute atomic E-state index is 0.160. The van der Waals surface area contributed by atoms with E-state index < -0.39 is 17.9 Å². The van der Waals surface area contributed by atoms with Gasteiger partial charge < -0.3 is 31.9 Å². The number of nitrogens with one attached hydrogen (secondary N) is 2. The van der Waals surface area contributed by atoms with Crippen molar-refractivity contribution in [3.63, 3.8) is 0 Å². The molecule has 0 fully saturated rings. The molecule has 0 aliphatic heterocycles. The van der Waals surface area contributed by atoms with Crippen LogP contribution in [0, 0.1) is 0 Å². The molecule has 0 heterocycles. The zero-order valence-corrected chi connectivity index (χ0v) is 20.2. The minimum Gasteiger partial charge on any atom is -0.508 e. The summed E-state index contributed by atoms with van der Waals surface area (Å²) in [6.07, 6.45) is 1.29. The lowest BCUT2D eigenvalue weighted by Gasteiger charge is -2.20. The third kappa shape index (κ3) is 7.19. The molecule has 3 aromatic carbocycles. The number of nitrogens with two attached hydrogens (primary N) is 2. The Kier molecular flexibility index (Phi) is 9.24. The molecule has 3 rings (SSSR count). The number of phenols is 1. The summed E-state index contributed by atoms with van der Waals surface area (Å²) in [4.78, 5) is 36.1. The van der Waals surface area contributed by atoms with E-state index in [1.54, 1.807) is 36.4 Å². The lowest BCUT2D eigenvalue weighted by atomic mass is 9.93. The molecule has 7 N–H and O–H groups in total. The van der Waals surface area contributed by atoms with Gasteiger partial charge in [0.05, 0.1) is 24.8 Å². The lowest BCUT2D eigenvalue weighted by Crippen LogP contribution is -2.44. The number of rotatable bonds is 12. The first-order valence-corrected chi connectivity index (χ1v) is 11.8. The molecule has 2 atom stereocenters. The molecule has 36 heavy (non-hydrogen) atoms. The van der Waals surface area contributed by atoms with Gasteiger partial charge in [-0.2, -0.15) is 0 Å². The van der Waals surface area contributed by atoms with Crippen molar-refractivity contribution in [2.75, 3.05) is 19.7 Å². The van der Waals surface area contributed by atoms with Crippen LogP contribution in [0.1, 0.15) is 41.6 Å². The van der Waals surface area contributed by atoms with Gasteiger partial charge in [-0.1, -0.05) is 43.3 Å². The third-order valence-corrected chi connectivity index (χ3v) is 5.90. The highest BCUT2D eigenvalue weighted by atomic mass is 16.5. The van der Waals surface area contributed by atoms with Crippen molar-refractivity contribution in [3.8, 4) is 11.5 Å². The maximum atomic E-state index is 12.6. The number of ether oxygens (including phenoxy) is 1. The molecular weight excluding hydrogens is 460 g/mol. The highest BCUT2D eigenvalue weighted by molar-refractivity contribution is 6.02. The standard InChI is InChI=1S/C27H32N4O5/c1-17(18-8-10-21(32)11-9-18)25(29)27(35)30-12-4-5-13-36-23-15-20-7-3-2-6-19(20)14-22(23)26(34)31-16-24(28)33/h2-3,6-11,14-15,17,25,32H,4-5,12-13,16,29H2,1H3,(H2,28,33)(H,30,35)(H,31,34)/t17-,25+/m1/s1. The fourth-order valence-corrected chi connectivity index (χ4v) is 3.73.